The molecule has 2 heterocycles. The van der Waals surface area contributed by atoms with E-state index in [1.54, 1.807) is 11.3 Å². The Morgan fingerprint density at radius 2 is 2.06 bits per heavy atom. The van der Waals surface area contributed by atoms with Crippen LogP contribution in [0.3, 0.4) is 0 Å². The largest absolute Gasteiger partial charge is 0.481 e. The van der Waals surface area contributed by atoms with Gasteiger partial charge < -0.3 is 10.0 Å². The molecule has 1 N–H and O–H groups in total. The van der Waals surface area contributed by atoms with E-state index in [1.165, 1.54) is 9.75 Å². The fourth-order valence-electron chi connectivity index (χ4n) is 2.34. The lowest BCUT2D eigenvalue weighted by Crippen LogP contribution is -2.46. The Morgan fingerprint density at radius 1 is 1.39 bits per heavy atom. The molecular formula is C13H20N2O2S. The van der Waals surface area contributed by atoms with E-state index in [-0.39, 0.29) is 12.5 Å². The number of hydrogen-bond acceptors (Lipinski definition) is 4. The fraction of sp³-hybridized carbons (Fsp3) is 0.615. The molecular weight excluding hydrogens is 248 g/mol. The van der Waals surface area contributed by atoms with Gasteiger partial charge in [0.25, 0.3) is 0 Å². The van der Waals surface area contributed by atoms with Gasteiger partial charge in [-0.15, -0.1) is 11.3 Å². The van der Waals surface area contributed by atoms with E-state index in [2.05, 4.69) is 35.9 Å². The van der Waals surface area contributed by atoms with Gasteiger partial charge in [0.1, 0.15) is 0 Å². The number of hydrogen-bond donors (Lipinski definition) is 1. The van der Waals surface area contributed by atoms with E-state index in [9.17, 15) is 4.79 Å². The van der Waals surface area contributed by atoms with Crippen molar-refractivity contribution in [3.05, 3.63) is 21.9 Å². The molecule has 0 aliphatic carbocycles. The first-order valence-corrected chi connectivity index (χ1v) is 7.08. The number of thiophene rings is 1. The van der Waals surface area contributed by atoms with Crippen LogP contribution in [0.15, 0.2) is 12.1 Å². The van der Waals surface area contributed by atoms with Crippen molar-refractivity contribution in [3.8, 4) is 0 Å². The summed E-state index contributed by atoms with van der Waals surface area (Å²) >= 11 is 1.71. The number of aryl methyl sites for hydroxylation is 1. The standard InChI is InChI=1S/C13H20N2O2S/c1-10-3-4-12(18-10)11(9-13(16)17)15-7-5-14(2)6-8-15/h3-4,11H,5-9H2,1-2H3,(H,16,17). The summed E-state index contributed by atoms with van der Waals surface area (Å²) < 4.78 is 0. The zero-order valence-corrected chi connectivity index (χ0v) is 11.7. The summed E-state index contributed by atoms with van der Waals surface area (Å²) in [6.45, 7) is 5.99. The van der Waals surface area contributed by atoms with E-state index >= 15 is 0 Å². The molecule has 1 atom stereocenters. The minimum atomic E-state index is -0.718. The summed E-state index contributed by atoms with van der Waals surface area (Å²) in [7, 11) is 2.11. The highest BCUT2D eigenvalue weighted by atomic mass is 32.1. The van der Waals surface area contributed by atoms with Gasteiger partial charge in [0.2, 0.25) is 0 Å². The molecule has 18 heavy (non-hydrogen) atoms. The Bertz CT molecular complexity index is 411. The number of rotatable bonds is 4. The Balaban J connectivity index is 2.12. The topological polar surface area (TPSA) is 43.8 Å². The molecule has 1 saturated heterocycles. The first-order chi connectivity index (χ1) is 8.56. The van der Waals surface area contributed by atoms with Crippen LogP contribution in [-0.4, -0.2) is 54.1 Å². The molecule has 0 spiro atoms. The van der Waals surface area contributed by atoms with Crippen molar-refractivity contribution in [2.24, 2.45) is 0 Å². The van der Waals surface area contributed by atoms with Gasteiger partial charge in [-0.1, -0.05) is 0 Å². The second-order valence-corrected chi connectivity index (χ2v) is 6.22. The summed E-state index contributed by atoms with van der Waals surface area (Å²) in [4.78, 5) is 18.1. The molecule has 0 bridgehead atoms. The van der Waals surface area contributed by atoms with E-state index in [0.717, 1.165) is 26.2 Å². The number of nitrogens with zero attached hydrogens (tertiary/aromatic N) is 2. The number of carbonyl (C=O) groups is 1. The van der Waals surface area contributed by atoms with Crippen LogP contribution in [-0.2, 0) is 4.79 Å². The molecule has 0 aromatic carbocycles. The SMILES string of the molecule is Cc1ccc(C(CC(=O)O)N2CCN(C)CC2)s1. The molecule has 1 aromatic rings. The molecule has 1 fully saturated rings. The monoisotopic (exact) mass is 268 g/mol. The normalized spacial score (nSPS) is 19.9. The first-order valence-electron chi connectivity index (χ1n) is 6.27. The van der Waals surface area contributed by atoms with Crippen LogP contribution in [0.2, 0.25) is 0 Å². The highest BCUT2D eigenvalue weighted by Crippen LogP contribution is 2.30. The van der Waals surface area contributed by atoms with Gasteiger partial charge in [-0.3, -0.25) is 9.69 Å². The van der Waals surface area contributed by atoms with E-state index < -0.39 is 5.97 Å². The number of piperazine rings is 1. The first kappa shape index (κ1) is 13.5. The van der Waals surface area contributed by atoms with E-state index in [4.69, 9.17) is 5.11 Å². The number of carboxylic acid groups (broad SMARTS) is 1. The third-order valence-corrected chi connectivity index (χ3v) is 4.54. The average Bonchev–Trinajstić information content (AvgIpc) is 2.74. The van der Waals surface area contributed by atoms with Crippen molar-refractivity contribution in [1.82, 2.24) is 9.80 Å². The van der Waals surface area contributed by atoms with Crippen molar-refractivity contribution >= 4 is 17.3 Å². The molecule has 1 aliphatic heterocycles. The van der Waals surface area contributed by atoms with Crippen molar-refractivity contribution < 1.29 is 9.90 Å². The van der Waals surface area contributed by atoms with Crippen molar-refractivity contribution in [1.29, 1.82) is 0 Å². The van der Waals surface area contributed by atoms with Crippen LogP contribution in [0.25, 0.3) is 0 Å². The Kier molecular flexibility index (Phi) is 4.37. The molecule has 5 heteroatoms. The maximum atomic E-state index is 11.1. The highest BCUT2D eigenvalue weighted by molar-refractivity contribution is 7.12. The second kappa shape index (κ2) is 5.82. The summed E-state index contributed by atoms with van der Waals surface area (Å²) in [6, 6.07) is 4.19. The van der Waals surface area contributed by atoms with Gasteiger partial charge in [0, 0.05) is 35.9 Å². The Morgan fingerprint density at radius 3 is 2.56 bits per heavy atom. The number of carboxylic acids is 1. The van der Waals surface area contributed by atoms with Crippen LogP contribution < -0.4 is 0 Å². The maximum absolute atomic E-state index is 11.1. The second-order valence-electron chi connectivity index (χ2n) is 4.90. The molecule has 100 valence electrons. The molecule has 1 aliphatic rings. The lowest BCUT2D eigenvalue weighted by molar-refractivity contribution is -0.138. The smallest absolute Gasteiger partial charge is 0.305 e. The van der Waals surface area contributed by atoms with Crippen molar-refractivity contribution in [3.63, 3.8) is 0 Å². The van der Waals surface area contributed by atoms with E-state index in [1.807, 2.05) is 0 Å². The zero-order valence-electron chi connectivity index (χ0n) is 10.9. The van der Waals surface area contributed by atoms with E-state index in [0.29, 0.717) is 0 Å². The minimum absolute atomic E-state index is 0.0369. The van der Waals surface area contributed by atoms with Gasteiger partial charge >= 0.3 is 5.97 Å². The fourth-order valence-corrected chi connectivity index (χ4v) is 3.35. The van der Waals surface area contributed by atoms with Crippen LogP contribution in [0.4, 0.5) is 0 Å². The third-order valence-electron chi connectivity index (χ3n) is 3.44. The van der Waals surface area contributed by atoms with Gasteiger partial charge in [-0.2, -0.15) is 0 Å². The van der Waals surface area contributed by atoms with Crippen LogP contribution in [0.5, 0.6) is 0 Å². The maximum Gasteiger partial charge on any atom is 0.305 e. The lowest BCUT2D eigenvalue weighted by atomic mass is 10.1. The molecule has 0 amide bonds. The predicted molar refractivity (Wildman–Crippen MR) is 73.1 cm³/mol. The summed E-state index contributed by atoms with van der Waals surface area (Å²) in [6.07, 6.45) is 0.198. The van der Waals surface area contributed by atoms with Gasteiger partial charge in [-0.25, -0.2) is 0 Å². The average molecular weight is 268 g/mol. The Labute approximate surface area is 112 Å². The predicted octanol–water partition coefficient (Wildman–Crippen LogP) is 1.82. The third kappa shape index (κ3) is 3.31. The molecule has 0 saturated carbocycles. The minimum Gasteiger partial charge on any atom is -0.481 e. The van der Waals surface area contributed by atoms with Crippen molar-refractivity contribution in [2.45, 2.75) is 19.4 Å². The number of aliphatic carboxylic acids is 1. The zero-order chi connectivity index (χ0) is 13.1. The molecule has 0 radical (unpaired) electrons. The summed E-state index contributed by atoms with van der Waals surface area (Å²) in [5.74, 6) is -0.718. The molecule has 1 unspecified atom stereocenters. The van der Waals surface area contributed by atoms with Crippen LogP contribution in [0, 0.1) is 6.92 Å². The molecule has 1 aromatic heterocycles. The van der Waals surface area contributed by atoms with Gasteiger partial charge in [0.05, 0.1) is 12.5 Å². The quantitative estimate of drug-likeness (QED) is 0.904. The lowest BCUT2D eigenvalue weighted by Gasteiger charge is -2.37. The summed E-state index contributed by atoms with van der Waals surface area (Å²) in [5.41, 5.74) is 0. The summed E-state index contributed by atoms with van der Waals surface area (Å²) in [5, 5.41) is 9.10. The van der Waals surface area contributed by atoms with Crippen LogP contribution >= 0.6 is 11.3 Å². The molecule has 4 nitrogen and oxygen atoms in total. The highest BCUT2D eigenvalue weighted by Gasteiger charge is 2.26. The number of likely N-dealkylation sites (N-methyl/N-ethyl adjacent to an activating group) is 1. The molecule has 2 rings (SSSR count). The van der Waals surface area contributed by atoms with Crippen LogP contribution in [0.1, 0.15) is 22.2 Å². The van der Waals surface area contributed by atoms with Crippen molar-refractivity contribution in [2.75, 3.05) is 33.2 Å². The van der Waals surface area contributed by atoms with Gasteiger partial charge in [0.15, 0.2) is 0 Å². The Hall–Kier alpha value is -0.910. The van der Waals surface area contributed by atoms with Gasteiger partial charge in [-0.05, 0) is 26.1 Å².